The summed E-state index contributed by atoms with van der Waals surface area (Å²) in [7, 11) is -2.92. The Hall–Kier alpha value is -4.16. The normalized spacial score (nSPS) is 11.5. The molecule has 0 spiro atoms. The van der Waals surface area contributed by atoms with Gasteiger partial charge in [-0.1, -0.05) is 288 Å². The van der Waals surface area contributed by atoms with Crippen LogP contribution in [0.5, 0.6) is 0 Å². The van der Waals surface area contributed by atoms with Crippen LogP contribution < -0.4 is 20.7 Å². The second-order valence-electron chi connectivity index (χ2n) is 37.5. The molecule has 4 rings (SSSR count). The van der Waals surface area contributed by atoms with E-state index in [-0.39, 0.29) is 31.3 Å². The maximum atomic E-state index is 11.2. The molecule has 128 heavy (non-hydrogen) atoms. The first-order valence-electron chi connectivity index (χ1n) is 44.9. The van der Waals surface area contributed by atoms with E-state index >= 15 is 0 Å². The Bertz CT molecular complexity index is 3030. The second-order valence-corrected chi connectivity index (χ2v) is 91.7. The van der Waals surface area contributed by atoms with E-state index in [0.29, 0.717) is 38.6 Å². The third-order valence-electron chi connectivity index (χ3n) is 14.2. The summed E-state index contributed by atoms with van der Waals surface area (Å²) in [4.78, 5) is 43.3. The minimum Gasteiger partial charge on any atom is -0.463 e. The summed E-state index contributed by atoms with van der Waals surface area (Å²) >= 11 is 0. The molecule has 4 aromatic rings. The maximum absolute atomic E-state index is 11.2. The lowest BCUT2D eigenvalue weighted by atomic mass is 10.3. The van der Waals surface area contributed by atoms with Crippen LogP contribution in [0.4, 0.5) is 0 Å². The fourth-order valence-corrected chi connectivity index (χ4v) is 13.9. The monoisotopic (exact) mass is 2010 g/mol. The minimum atomic E-state index is -2.40. The highest BCUT2D eigenvalue weighted by atomic mass is 28.4. The number of hydrogen-bond acceptors (Lipinski definition) is 20. The van der Waals surface area contributed by atoms with Gasteiger partial charge in [-0.05, 0) is 172 Å². The lowest BCUT2D eigenvalue weighted by Crippen LogP contribution is -2.64. The van der Waals surface area contributed by atoms with E-state index in [9.17, 15) is 19.2 Å². The van der Waals surface area contributed by atoms with Crippen LogP contribution in [0.15, 0.2) is 171 Å². The highest BCUT2D eigenvalue weighted by Gasteiger charge is 2.35. The molecule has 0 saturated carbocycles. The average Bonchev–Trinajstić information content (AvgIpc) is 0.770. The van der Waals surface area contributed by atoms with Gasteiger partial charge in [-0.3, -0.25) is 0 Å². The first-order chi connectivity index (χ1) is 58.5. The van der Waals surface area contributed by atoms with Crippen molar-refractivity contribution in [2.45, 2.75) is 298 Å². The Morgan fingerprint density at radius 2 is 0.516 bits per heavy atom. The Kier molecular flexibility index (Phi) is 100. The third kappa shape index (κ3) is 120. The van der Waals surface area contributed by atoms with Gasteiger partial charge in [0.15, 0.2) is 33.3 Å². The summed E-state index contributed by atoms with van der Waals surface area (Å²) in [5.41, 5.74) is 0.394. The quantitative estimate of drug-likeness (QED) is 0.0106. The molecule has 20 nitrogen and oxygen atoms in total. The van der Waals surface area contributed by atoms with Crippen molar-refractivity contribution in [1.82, 2.24) is 0 Å². The van der Waals surface area contributed by atoms with Gasteiger partial charge in [0.2, 0.25) is 0 Å². The van der Waals surface area contributed by atoms with Crippen molar-refractivity contribution in [3.05, 3.63) is 171 Å². The van der Waals surface area contributed by atoms with E-state index in [1.165, 1.54) is 15.6 Å². The van der Waals surface area contributed by atoms with Crippen LogP contribution in [0.3, 0.4) is 0 Å². The van der Waals surface area contributed by atoms with Gasteiger partial charge >= 0.3 is 58.1 Å². The molecule has 0 aromatic heterocycles. The van der Waals surface area contributed by atoms with Crippen LogP contribution in [0.1, 0.15) is 82.1 Å². The van der Waals surface area contributed by atoms with Crippen LogP contribution in [0, 0.1) is 0 Å². The first kappa shape index (κ1) is 149. The molecule has 0 heterocycles. The number of rotatable bonds is 34. The van der Waals surface area contributed by atoms with Crippen LogP contribution in [0.25, 0.3) is 0 Å². The highest BCUT2D eigenvalue weighted by Crippen LogP contribution is 2.12. The van der Waals surface area contributed by atoms with Crippen molar-refractivity contribution >= 4 is 144 Å². The molecule has 0 fully saturated rings. The molecule has 0 aliphatic carbocycles. The van der Waals surface area contributed by atoms with Crippen molar-refractivity contribution in [3.8, 4) is 0 Å². The topological polar surface area (TPSA) is 216 Å². The number of benzene rings is 4. The second kappa shape index (κ2) is 85.7. The lowest BCUT2D eigenvalue weighted by Gasteiger charge is -2.29. The fourth-order valence-electron chi connectivity index (χ4n) is 6.31. The predicted molar refractivity (Wildman–Crippen MR) is 589 cm³/mol. The van der Waals surface area contributed by atoms with E-state index in [4.69, 9.17) is 72.1 Å². The van der Waals surface area contributed by atoms with Gasteiger partial charge < -0.3 is 72.1 Å². The molecule has 2 unspecified atom stereocenters. The van der Waals surface area contributed by atoms with Crippen molar-refractivity contribution < 1.29 is 91.2 Å². The summed E-state index contributed by atoms with van der Waals surface area (Å²) in [6.45, 7) is 105. The number of ether oxygens (including phenoxy) is 4. The van der Waals surface area contributed by atoms with Gasteiger partial charge in [0.25, 0.3) is 0 Å². The summed E-state index contributed by atoms with van der Waals surface area (Å²) < 4.78 is 83.0. The molecule has 0 aliphatic heterocycles. The number of carbonyl (C=O) groups excluding carboxylic acids is 4. The largest absolute Gasteiger partial charge is 0.463 e. The standard InChI is InChI=1S/C19H18Si.C13H18O4Si.2C10H20O4Si.C8H16O4Si.4C4H12OSi.3C4H12Si.4C2H6/c1-20(17-11-5-2-6-12-17,18-13-7-3-8-14-18)19-15-9-4-10-16-19;1-4-13(14)16-10-11-17-18(3,15-2)12-8-6-5-7-9-12;1-8(2)10(11)14-9(3)7-13-15(5,6)12-4;1-5-10(11)13-8-6-7-9-14-15(3,4)12-2;1-5-8(9)11-6-7-12-13(3,4)10-2;4*1-5-6(2,3)4;3*1-5(2,3)4;4*1-2/h2-16H,1H3;4-9H,1,10-11H2,2-3H3;9H,1,7H2,2-6H3;5H,1,6-9H2,2-4H3;5H,1,6-7H2,2-4H3;4*1-4H3;3*1-4H3;4*1-2H3. The number of carbonyl (C=O) groups is 4. The molecule has 0 aliphatic rings. The first-order valence-corrected chi connectivity index (χ1v) is 83.8. The van der Waals surface area contributed by atoms with E-state index in [1.54, 1.807) is 70.7 Å². The van der Waals surface area contributed by atoms with Gasteiger partial charge in [-0.25, -0.2) is 19.2 Å². The summed E-state index contributed by atoms with van der Waals surface area (Å²) in [5.74, 6) is -1.63. The fraction of sp³-hybridized carbons (Fsp3) is 0.625. The molecule has 2 atom stereocenters. The molecule has 4 aromatic carbocycles. The molecular weight excluding hydrogens is 1810 g/mol. The van der Waals surface area contributed by atoms with E-state index < -0.39 is 112 Å². The van der Waals surface area contributed by atoms with Gasteiger partial charge in [0.05, 0.1) is 26.4 Å². The van der Waals surface area contributed by atoms with Gasteiger partial charge in [-0.15, -0.1) is 0 Å². The molecular formula is C96H200O20Si12. The average molecular weight is 2010 g/mol. The zero-order valence-corrected chi connectivity index (χ0v) is 104. The Labute approximate surface area is 802 Å². The molecule has 0 radical (unpaired) electrons. The zero-order chi connectivity index (χ0) is 104. The summed E-state index contributed by atoms with van der Waals surface area (Å²) in [6, 6.07) is 42.6. The Morgan fingerprint density at radius 1 is 0.305 bits per heavy atom. The number of esters is 4. The predicted octanol–water partition coefficient (Wildman–Crippen LogP) is 24.8. The van der Waals surface area contributed by atoms with Gasteiger partial charge in [-0.2, -0.15) is 0 Å². The molecule has 0 amide bonds. The van der Waals surface area contributed by atoms with Crippen molar-refractivity contribution in [2.24, 2.45) is 0 Å². The maximum Gasteiger partial charge on any atom is 0.369 e. The Balaban J connectivity index is -0.000000117. The molecule has 752 valence electrons. The molecule has 0 N–H and O–H groups in total. The lowest BCUT2D eigenvalue weighted by molar-refractivity contribution is -0.145. The summed E-state index contributed by atoms with van der Waals surface area (Å²) in [6.07, 6.45) is 4.80. The van der Waals surface area contributed by atoms with Crippen molar-refractivity contribution in [3.63, 3.8) is 0 Å². The molecule has 32 heteroatoms. The van der Waals surface area contributed by atoms with E-state index in [2.05, 4.69) is 281 Å². The minimum absolute atomic E-state index is 0.198. The van der Waals surface area contributed by atoms with Crippen LogP contribution >= 0.6 is 0 Å². The number of unbranched alkanes of at least 4 members (excludes halogenated alkanes) is 1. The highest BCUT2D eigenvalue weighted by molar-refractivity contribution is 7.10. The van der Waals surface area contributed by atoms with Crippen molar-refractivity contribution in [2.75, 3.05) is 103 Å². The van der Waals surface area contributed by atoms with Crippen LogP contribution in [0.2, 0.25) is 210 Å². The Morgan fingerprint density at radius 3 is 0.734 bits per heavy atom. The van der Waals surface area contributed by atoms with Gasteiger partial charge in [0.1, 0.15) is 27.4 Å². The SMILES string of the molecule is C=C(C)C(=O)OC(C)CO[Si](C)(C)OC.C=CC(=O)OCCCCO[Si](C)(C)OC.C=CC(=O)OCCO[Si](C)(C)OC.C=CC(=O)OCCO[Si](C)(OC)c1ccccc1.CC.CC.CC.CC.CO[Si](C)(C)C.CO[Si](C)(C)C.CO[Si](C)(C)C.CO[Si](C)(C)C.C[Si](C)(C)C.C[Si](C)(C)C.C[Si](C)(C)C.C[Si](c1ccccc1)(c1ccccc1)c1ccccc1. The number of hydrogen-bond donors (Lipinski definition) is 0. The molecule has 0 saturated heterocycles. The third-order valence-corrected chi connectivity index (χ3v) is 32.1. The van der Waals surface area contributed by atoms with Gasteiger partial charge in [0, 0.05) is 112 Å². The smallest absolute Gasteiger partial charge is 0.369 e. The summed E-state index contributed by atoms with van der Waals surface area (Å²) in [5, 5.41) is 5.41. The van der Waals surface area contributed by atoms with Crippen LogP contribution in [-0.4, -0.2) is 233 Å². The van der Waals surface area contributed by atoms with Crippen LogP contribution in [-0.2, 0) is 91.2 Å². The van der Waals surface area contributed by atoms with E-state index in [0.717, 1.165) is 36.3 Å². The zero-order valence-electron chi connectivity index (χ0n) is 91.7. The molecule has 0 bridgehead atoms. The van der Waals surface area contributed by atoms with Crippen molar-refractivity contribution in [1.29, 1.82) is 0 Å². The van der Waals surface area contributed by atoms with E-state index in [1.807, 2.05) is 132 Å².